The molecule has 0 spiro atoms. The minimum Gasteiger partial charge on any atom is -0.494 e. The Kier molecular flexibility index (Phi) is 4.50. The largest absolute Gasteiger partial charge is 0.494 e. The molecule has 0 radical (unpaired) electrons. The number of nitrogens with zero attached hydrogens (tertiary/aromatic N) is 2. The van der Waals surface area contributed by atoms with Crippen LogP contribution in [0.15, 0.2) is 53.5 Å². The predicted octanol–water partition coefficient (Wildman–Crippen LogP) is 3.03. The summed E-state index contributed by atoms with van der Waals surface area (Å²) in [7, 11) is 0. The minimum absolute atomic E-state index is 0.0209. The van der Waals surface area contributed by atoms with Gasteiger partial charge in [0.2, 0.25) is 0 Å². The number of nitro groups is 1. The monoisotopic (exact) mass is 285 g/mol. The highest BCUT2D eigenvalue weighted by molar-refractivity contribution is 5.99. The average Bonchev–Trinajstić information content (AvgIpc) is 2.49. The van der Waals surface area contributed by atoms with Gasteiger partial charge in [0, 0.05) is 17.7 Å². The van der Waals surface area contributed by atoms with Gasteiger partial charge in [-0.1, -0.05) is 0 Å². The van der Waals surface area contributed by atoms with Gasteiger partial charge in [-0.25, -0.2) is 4.99 Å². The molecule has 0 fully saturated rings. The van der Waals surface area contributed by atoms with Crippen LogP contribution in [0.2, 0.25) is 0 Å². The van der Waals surface area contributed by atoms with Gasteiger partial charge < -0.3 is 10.5 Å². The lowest BCUT2D eigenvalue weighted by Gasteiger charge is -2.04. The summed E-state index contributed by atoms with van der Waals surface area (Å²) in [5.41, 5.74) is 7.24. The number of hydrogen-bond acceptors (Lipinski definition) is 4. The second kappa shape index (κ2) is 6.51. The summed E-state index contributed by atoms with van der Waals surface area (Å²) in [6.07, 6.45) is 0. The smallest absolute Gasteiger partial charge is 0.269 e. The first-order valence-electron chi connectivity index (χ1n) is 6.42. The zero-order chi connectivity index (χ0) is 15.2. The van der Waals surface area contributed by atoms with Crippen LogP contribution in [0.3, 0.4) is 0 Å². The quantitative estimate of drug-likeness (QED) is 0.395. The molecule has 0 atom stereocenters. The Morgan fingerprint density at radius 2 is 1.81 bits per heavy atom. The number of aliphatic imine (C=N–C) groups is 1. The number of amidine groups is 1. The van der Waals surface area contributed by atoms with Crippen LogP contribution in [0.1, 0.15) is 12.5 Å². The molecule has 0 saturated heterocycles. The number of rotatable bonds is 5. The summed E-state index contributed by atoms with van der Waals surface area (Å²) in [4.78, 5) is 14.4. The van der Waals surface area contributed by atoms with Crippen molar-refractivity contribution in [3.8, 4) is 5.75 Å². The van der Waals surface area contributed by atoms with Gasteiger partial charge in [0.25, 0.3) is 5.69 Å². The molecule has 6 nitrogen and oxygen atoms in total. The predicted molar refractivity (Wildman–Crippen MR) is 81.1 cm³/mol. The lowest BCUT2D eigenvalue weighted by atomic mass is 10.2. The van der Waals surface area contributed by atoms with Gasteiger partial charge in [-0.3, -0.25) is 10.1 Å². The van der Waals surface area contributed by atoms with E-state index in [9.17, 15) is 10.1 Å². The van der Waals surface area contributed by atoms with E-state index in [1.54, 1.807) is 24.3 Å². The van der Waals surface area contributed by atoms with E-state index in [1.165, 1.54) is 12.1 Å². The number of ether oxygens (including phenoxy) is 1. The third-order valence-corrected chi connectivity index (χ3v) is 2.77. The van der Waals surface area contributed by atoms with Crippen molar-refractivity contribution in [1.29, 1.82) is 0 Å². The lowest BCUT2D eigenvalue weighted by Crippen LogP contribution is -2.12. The molecule has 2 aromatic rings. The first kappa shape index (κ1) is 14.5. The number of benzene rings is 2. The van der Waals surface area contributed by atoms with Gasteiger partial charge in [0.15, 0.2) is 0 Å². The average molecular weight is 285 g/mol. The second-order valence-corrected chi connectivity index (χ2v) is 4.23. The van der Waals surface area contributed by atoms with E-state index in [-0.39, 0.29) is 5.69 Å². The van der Waals surface area contributed by atoms with E-state index in [2.05, 4.69) is 4.99 Å². The van der Waals surface area contributed by atoms with Crippen molar-refractivity contribution in [1.82, 2.24) is 0 Å². The lowest BCUT2D eigenvalue weighted by molar-refractivity contribution is -0.384. The van der Waals surface area contributed by atoms with Crippen molar-refractivity contribution < 1.29 is 9.66 Å². The number of hydrogen-bond donors (Lipinski definition) is 1. The summed E-state index contributed by atoms with van der Waals surface area (Å²) >= 11 is 0. The summed E-state index contributed by atoms with van der Waals surface area (Å²) in [6.45, 7) is 2.52. The molecule has 0 unspecified atom stereocenters. The van der Waals surface area contributed by atoms with E-state index in [0.29, 0.717) is 23.7 Å². The molecule has 0 aliphatic heterocycles. The number of nitro benzene ring substituents is 1. The normalized spacial score (nSPS) is 11.2. The van der Waals surface area contributed by atoms with Crippen molar-refractivity contribution in [3.05, 3.63) is 64.2 Å². The van der Waals surface area contributed by atoms with Crippen LogP contribution in [0.5, 0.6) is 5.75 Å². The maximum absolute atomic E-state index is 10.6. The first-order valence-corrected chi connectivity index (χ1v) is 6.42. The molecular weight excluding hydrogens is 270 g/mol. The molecule has 0 saturated carbocycles. The van der Waals surface area contributed by atoms with E-state index >= 15 is 0 Å². The Morgan fingerprint density at radius 1 is 1.19 bits per heavy atom. The third kappa shape index (κ3) is 3.79. The van der Waals surface area contributed by atoms with Gasteiger partial charge in [-0.15, -0.1) is 0 Å². The van der Waals surface area contributed by atoms with Crippen molar-refractivity contribution in [2.24, 2.45) is 10.7 Å². The van der Waals surface area contributed by atoms with Crippen molar-refractivity contribution in [3.63, 3.8) is 0 Å². The van der Waals surface area contributed by atoms with Crippen molar-refractivity contribution in [2.75, 3.05) is 6.61 Å². The molecular formula is C15H15N3O3. The highest BCUT2D eigenvalue weighted by Crippen LogP contribution is 2.19. The van der Waals surface area contributed by atoms with E-state index in [1.807, 2.05) is 19.1 Å². The van der Waals surface area contributed by atoms with Crippen LogP contribution in [0.25, 0.3) is 0 Å². The third-order valence-electron chi connectivity index (χ3n) is 2.77. The molecule has 2 N–H and O–H groups in total. The zero-order valence-corrected chi connectivity index (χ0v) is 11.5. The molecule has 21 heavy (non-hydrogen) atoms. The Labute approximate surface area is 122 Å². The Bertz CT molecular complexity index is 649. The Morgan fingerprint density at radius 3 is 2.33 bits per heavy atom. The highest BCUT2D eigenvalue weighted by atomic mass is 16.6. The molecule has 0 bridgehead atoms. The zero-order valence-electron chi connectivity index (χ0n) is 11.5. The summed E-state index contributed by atoms with van der Waals surface area (Å²) in [5.74, 6) is 1.07. The van der Waals surface area contributed by atoms with Crippen LogP contribution in [-0.4, -0.2) is 17.4 Å². The number of non-ortho nitro benzene ring substituents is 1. The maximum atomic E-state index is 10.6. The van der Waals surface area contributed by atoms with Crippen LogP contribution >= 0.6 is 0 Å². The Hall–Kier alpha value is -2.89. The highest BCUT2D eigenvalue weighted by Gasteiger charge is 2.06. The van der Waals surface area contributed by atoms with E-state index in [0.717, 1.165) is 5.75 Å². The van der Waals surface area contributed by atoms with Crippen LogP contribution < -0.4 is 10.5 Å². The molecule has 108 valence electrons. The Balaban J connectivity index is 2.17. The molecule has 2 aromatic carbocycles. The maximum Gasteiger partial charge on any atom is 0.269 e. The summed E-state index contributed by atoms with van der Waals surface area (Å²) < 4.78 is 5.34. The molecule has 2 rings (SSSR count). The standard InChI is InChI=1S/C15H15N3O3/c1-2-21-14-9-5-12(6-10-14)17-15(16)11-3-7-13(8-4-11)18(19)20/h3-10H,2H2,1H3,(H2,16,17). The van der Waals surface area contributed by atoms with Crippen molar-refractivity contribution in [2.45, 2.75) is 6.92 Å². The molecule has 6 heteroatoms. The molecule has 0 heterocycles. The molecule has 0 aliphatic rings. The molecule has 0 amide bonds. The van der Waals surface area contributed by atoms with Gasteiger partial charge in [0.1, 0.15) is 11.6 Å². The molecule has 0 aliphatic carbocycles. The SMILES string of the molecule is CCOc1ccc(N=C(N)c2ccc([N+](=O)[O-])cc2)cc1. The van der Waals surface area contributed by atoms with Gasteiger partial charge in [-0.2, -0.15) is 0 Å². The minimum atomic E-state index is -0.455. The van der Waals surface area contributed by atoms with Crippen molar-refractivity contribution >= 4 is 17.2 Å². The van der Waals surface area contributed by atoms with Gasteiger partial charge in [-0.05, 0) is 43.3 Å². The second-order valence-electron chi connectivity index (χ2n) is 4.23. The fraction of sp³-hybridized carbons (Fsp3) is 0.133. The summed E-state index contributed by atoms with van der Waals surface area (Å²) in [5, 5.41) is 10.6. The first-order chi connectivity index (χ1) is 10.1. The van der Waals surface area contributed by atoms with Gasteiger partial charge in [0.05, 0.1) is 17.2 Å². The fourth-order valence-corrected chi connectivity index (χ4v) is 1.74. The van der Waals surface area contributed by atoms with Crippen LogP contribution in [0, 0.1) is 10.1 Å². The van der Waals surface area contributed by atoms with E-state index in [4.69, 9.17) is 10.5 Å². The van der Waals surface area contributed by atoms with Gasteiger partial charge >= 0.3 is 0 Å². The number of nitrogens with two attached hydrogens (primary N) is 1. The van der Waals surface area contributed by atoms with Crippen LogP contribution in [0.4, 0.5) is 11.4 Å². The topological polar surface area (TPSA) is 90.8 Å². The fourth-order valence-electron chi connectivity index (χ4n) is 1.74. The van der Waals surface area contributed by atoms with Crippen LogP contribution in [-0.2, 0) is 0 Å². The molecule has 0 aromatic heterocycles. The van der Waals surface area contributed by atoms with E-state index < -0.39 is 4.92 Å². The summed E-state index contributed by atoms with van der Waals surface area (Å²) in [6, 6.07) is 13.2.